The first kappa shape index (κ1) is 22.7. The summed E-state index contributed by atoms with van der Waals surface area (Å²) in [7, 11) is 0. The highest BCUT2D eigenvalue weighted by Crippen LogP contribution is 2.76. The molecule has 0 spiro atoms. The summed E-state index contributed by atoms with van der Waals surface area (Å²) in [5.74, 6) is -2.08. The maximum absolute atomic E-state index is 13.7. The Labute approximate surface area is 202 Å². The van der Waals surface area contributed by atoms with Crippen LogP contribution >= 0.6 is 23.2 Å². The minimum Gasteiger partial charge on any atom is -0.406 e. The first-order chi connectivity index (χ1) is 16.0. The fourth-order valence-corrected chi connectivity index (χ4v) is 5.87. The monoisotopic (exact) mass is 506 g/mol. The molecule has 3 atom stereocenters. The molecular formula is C24H15Cl2F3N2O3. The van der Waals surface area contributed by atoms with Gasteiger partial charge in [0.2, 0.25) is 11.8 Å². The fourth-order valence-electron chi connectivity index (χ4n) is 5.35. The van der Waals surface area contributed by atoms with Gasteiger partial charge in [-0.05, 0) is 60.5 Å². The number of benzene rings is 2. The molecule has 1 aromatic heterocycles. The molecular weight excluding hydrogens is 492 g/mol. The van der Waals surface area contributed by atoms with E-state index in [4.69, 9.17) is 23.2 Å². The van der Waals surface area contributed by atoms with Crippen molar-refractivity contribution < 1.29 is 27.5 Å². The Morgan fingerprint density at radius 3 is 2.00 bits per heavy atom. The molecule has 0 bridgehead atoms. The molecule has 0 N–H and O–H groups in total. The van der Waals surface area contributed by atoms with E-state index in [1.165, 1.54) is 42.5 Å². The lowest BCUT2D eigenvalue weighted by Crippen LogP contribution is -2.42. The number of rotatable bonds is 4. The van der Waals surface area contributed by atoms with Gasteiger partial charge in [0.05, 0.1) is 17.0 Å². The number of carbonyl (C=O) groups is 2. The van der Waals surface area contributed by atoms with Crippen molar-refractivity contribution in [2.45, 2.75) is 18.7 Å². The molecule has 1 saturated carbocycles. The Hall–Kier alpha value is -3.10. The van der Waals surface area contributed by atoms with Crippen LogP contribution < -0.4 is 9.64 Å². The highest BCUT2D eigenvalue weighted by molar-refractivity contribution is 6.36. The smallest absolute Gasteiger partial charge is 0.406 e. The maximum atomic E-state index is 13.7. The topological polar surface area (TPSA) is 59.5 Å². The van der Waals surface area contributed by atoms with E-state index in [0.29, 0.717) is 11.1 Å². The standard InChI is InChI=1S/C24H15Cl2F3N2O3/c1-22-19(20(32)31(21(22)33)17-11-15(25)10-16(26)12-17)23(22,14-6-8-30-9-7-14)13-2-4-18(5-3-13)34-24(27,28)29/h2-12,19H,1H3/t19-,22-,23-/m1/s1. The highest BCUT2D eigenvalue weighted by Gasteiger charge is 2.86. The number of pyridine rings is 1. The number of carbonyl (C=O) groups excluding carboxylic acids is 2. The van der Waals surface area contributed by atoms with E-state index in [2.05, 4.69) is 9.72 Å². The molecule has 10 heteroatoms. The van der Waals surface area contributed by atoms with Crippen LogP contribution in [-0.4, -0.2) is 23.2 Å². The molecule has 1 aliphatic heterocycles. The van der Waals surface area contributed by atoms with Crippen LogP contribution in [0.15, 0.2) is 67.0 Å². The maximum Gasteiger partial charge on any atom is 0.573 e. The molecule has 0 unspecified atom stereocenters. The van der Waals surface area contributed by atoms with Crippen LogP contribution in [-0.2, 0) is 15.0 Å². The quantitative estimate of drug-likeness (QED) is 0.420. The van der Waals surface area contributed by atoms with Crippen molar-refractivity contribution in [2.75, 3.05) is 4.90 Å². The van der Waals surface area contributed by atoms with Gasteiger partial charge in [-0.25, -0.2) is 4.90 Å². The Balaban J connectivity index is 1.61. The predicted molar refractivity (Wildman–Crippen MR) is 119 cm³/mol. The number of nitrogens with zero attached hydrogens (tertiary/aromatic N) is 2. The second-order valence-electron chi connectivity index (χ2n) is 8.36. The molecule has 1 saturated heterocycles. The van der Waals surface area contributed by atoms with Gasteiger partial charge in [-0.3, -0.25) is 14.6 Å². The number of hydrogen-bond donors (Lipinski definition) is 0. The summed E-state index contributed by atoms with van der Waals surface area (Å²) in [5, 5.41) is 0.545. The van der Waals surface area contributed by atoms with Gasteiger partial charge < -0.3 is 4.74 Å². The van der Waals surface area contributed by atoms with Gasteiger partial charge in [0.25, 0.3) is 0 Å². The number of aromatic nitrogens is 1. The van der Waals surface area contributed by atoms with Crippen LogP contribution in [0.2, 0.25) is 10.0 Å². The number of imide groups is 1. The second kappa shape index (κ2) is 7.45. The first-order valence-electron chi connectivity index (χ1n) is 10.1. The number of fused-ring (bicyclic) bond motifs is 1. The molecule has 2 fully saturated rings. The van der Waals surface area contributed by atoms with Gasteiger partial charge >= 0.3 is 6.36 Å². The number of hydrogen-bond acceptors (Lipinski definition) is 4. The summed E-state index contributed by atoms with van der Waals surface area (Å²) in [5.41, 5.74) is -0.832. The largest absolute Gasteiger partial charge is 0.573 e. The van der Waals surface area contributed by atoms with E-state index in [1.54, 1.807) is 31.5 Å². The zero-order valence-corrected chi connectivity index (χ0v) is 18.9. The van der Waals surface area contributed by atoms with Gasteiger partial charge in [0.15, 0.2) is 0 Å². The number of halogens is 5. The van der Waals surface area contributed by atoms with Gasteiger partial charge in [0.1, 0.15) is 5.75 Å². The molecule has 2 aliphatic rings. The van der Waals surface area contributed by atoms with Crippen molar-refractivity contribution in [3.05, 3.63) is 88.2 Å². The van der Waals surface area contributed by atoms with Crippen LogP contribution in [0.25, 0.3) is 0 Å². The number of anilines is 1. The molecule has 34 heavy (non-hydrogen) atoms. The highest BCUT2D eigenvalue weighted by atomic mass is 35.5. The molecule has 2 amide bonds. The Kier molecular flexibility index (Phi) is 4.97. The molecule has 5 rings (SSSR count). The lowest BCUT2D eigenvalue weighted by Gasteiger charge is -2.29. The Bertz CT molecular complexity index is 1300. The Morgan fingerprint density at radius 1 is 0.941 bits per heavy atom. The third-order valence-electron chi connectivity index (χ3n) is 6.65. The molecule has 1 aliphatic carbocycles. The zero-order chi connectivity index (χ0) is 24.5. The second-order valence-corrected chi connectivity index (χ2v) is 9.23. The van der Waals surface area contributed by atoms with Gasteiger partial charge in [-0.2, -0.15) is 0 Å². The minimum absolute atomic E-state index is 0.262. The van der Waals surface area contributed by atoms with Crippen LogP contribution in [0.5, 0.6) is 5.75 Å². The number of piperidine rings is 1. The SMILES string of the molecule is C[C@]12C(=O)N(c3cc(Cl)cc(Cl)c3)C(=O)[C@H]1[C@]2(c1ccncc1)c1ccc(OC(F)(F)F)cc1. The van der Waals surface area contributed by atoms with Gasteiger partial charge in [-0.15, -0.1) is 13.2 Å². The summed E-state index contributed by atoms with van der Waals surface area (Å²) in [4.78, 5) is 32.5. The van der Waals surface area contributed by atoms with Crippen molar-refractivity contribution >= 4 is 40.7 Å². The van der Waals surface area contributed by atoms with Crippen LogP contribution in [0.1, 0.15) is 18.1 Å². The van der Waals surface area contributed by atoms with E-state index in [-0.39, 0.29) is 15.7 Å². The van der Waals surface area contributed by atoms with Crippen molar-refractivity contribution in [3.8, 4) is 5.75 Å². The van der Waals surface area contributed by atoms with E-state index in [1.807, 2.05) is 0 Å². The summed E-state index contributed by atoms with van der Waals surface area (Å²) >= 11 is 12.2. The number of alkyl halides is 3. The Morgan fingerprint density at radius 2 is 1.50 bits per heavy atom. The normalized spacial score (nSPS) is 25.9. The third kappa shape index (κ3) is 3.12. The average molecular weight is 507 g/mol. The van der Waals surface area contributed by atoms with Gasteiger partial charge in [0, 0.05) is 27.9 Å². The van der Waals surface area contributed by atoms with Gasteiger partial charge in [-0.1, -0.05) is 35.3 Å². The van der Waals surface area contributed by atoms with Crippen molar-refractivity contribution in [1.29, 1.82) is 0 Å². The summed E-state index contributed by atoms with van der Waals surface area (Å²) in [6, 6.07) is 13.1. The molecule has 3 aromatic rings. The van der Waals surface area contributed by atoms with Crippen LogP contribution in [0.3, 0.4) is 0 Å². The zero-order valence-electron chi connectivity index (χ0n) is 17.4. The predicted octanol–water partition coefficient (Wildman–Crippen LogP) is 5.78. The lowest BCUT2D eigenvalue weighted by atomic mass is 9.79. The lowest BCUT2D eigenvalue weighted by molar-refractivity contribution is -0.274. The number of amides is 2. The summed E-state index contributed by atoms with van der Waals surface area (Å²) in [6.07, 6.45) is -1.75. The van der Waals surface area contributed by atoms with Crippen molar-refractivity contribution in [2.24, 2.45) is 11.3 Å². The third-order valence-corrected chi connectivity index (χ3v) is 7.08. The van der Waals surface area contributed by atoms with E-state index in [9.17, 15) is 22.8 Å². The van der Waals surface area contributed by atoms with E-state index in [0.717, 1.165) is 4.90 Å². The summed E-state index contributed by atoms with van der Waals surface area (Å²) in [6.45, 7) is 1.69. The van der Waals surface area contributed by atoms with Crippen LogP contribution in [0.4, 0.5) is 18.9 Å². The molecule has 5 nitrogen and oxygen atoms in total. The van der Waals surface area contributed by atoms with Crippen molar-refractivity contribution in [3.63, 3.8) is 0 Å². The molecule has 0 radical (unpaired) electrons. The summed E-state index contributed by atoms with van der Waals surface area (Å²) < 4.78 is 41.8. The first-order valence-corrected chi connectivity index (χ1v) is 10.9. The van der Waals surface area contributed by atoms with E-state index < -0.39 is 40.7 Å². The average Bonchev–Trinajstić information content (AvgIpc) is 3.28. The molecule has 174 valence electrons. The number of ether oxygens (including phenoxy) is 1. The minimum atomic E-state index is -4.84. The molecule has 2 aromatic carbocycles. The fraction of sp³-hybridized carbons (Fsp3) is 0.208. The molecule has 2 heterocycles. The van der Waals surface area contributed by atoms with Crippen LogP contribution in [0, 0.1) is 11.3 Å². The van der Waals surface area contributed by atoms with E-state index >= 15 is 0 Å². The van der Waals surface area contributed by atoms with Crippen molar-refractivity contribution in [1.82, 2.24) is 4.98 Å².